The second kappa shape index (κ2) is 5.95. The van der Waals surface area contributed by atoms with Crippen molar-refractivity contribution >= 4 is 39.9 Å². The molecular formula is C17H11Cl2NO2. The van der Waals surface area contributed by atoms with E-state index in [1.54, 1.807) is 18.2 Å². The zero-order chi connectivity index (χ0) is 15.7. The highest BCUT2D eigenvalue weighted by Gasteiger charge is 2.12. The molecule has 2 aromatic carbocycles. The average molecular weight is 332 g/mol. The number of esters is 1. The van der Waals surface area contributed by atoms with Crippen LogP contribution in [-0.2, 0) is 4.74 Å². The molecule has 0 bridgehead atoms. The van der Waals surface area contributed by atoms with Crippen molar-refractivity contribution in [3.63, 3.8) is 0 Å². The van der Waals surface area contributed by atoms with Crippen molar-refractivity contribution in [3.05, 3.63) is 64.4 Å². The van der Waals surface area contributed by atoms with E-state index >= 15 is 0 Å². The third-order valence-corrected chi connectivity index (χ3v) is 3.92. The number of pyridine rings is 1. The van der Waals surface area contributed by atoms with Gasteiger partial charge < -0.3 is 4.74 Å². The van der Waals surface area contributed by atoms with Crippen molar-refractivity contribution in [2.45, 2.75) is 0 Å². The number of nitrogens with zero attached hydrogens (tertiary/aromatic N) is 1. The molecule has 0 unspecified atom stereocenters. The molecule has 3 aromatic rings. The van der Waals surface area contributed by atoms with E-state index in [2.05, 4.69) is 4.98 Å². The van der Waals surface area contributed by atoms with Gasteiger partial charge in [0.25, 0.3) is 0 Å². The summed E-state index contributed by atoms with van der Waals surface area (Å²) in [5.74, 6) is -0.379. The Labute approximate surface area is 137 Å². The quantitative estimate of drug-likeness (QED) is 0.490. The van der Waals surface area contributed by atoms with Crippen LogP contribution in [0.3, 0.4) is 0 Å². The lowest BCUT2D eigenvalue weighted by Gasteiger charge is -2.10. The molecule has 0 radical (unpaired) electrons. The summed E-state index contributed by atoms with van der Waals surface area (Å²) >= 11 is 12.2. The second-order valence-electron chi connectivity index (χ2n) is 4.72. The van der Waals surface area contributed by atoms with Gasteiger partial charge in [0.05, 0.1) is 17.7 Å². The van der Waals surface area contributed by atoms with Crippen LogP contribution in [-0.4, -0.2) is 18.1 Å². The first-order valence-electron chi connectivity index (χ1n) is 6.52. The number of aromatic nitrogens is 1. The molecule has 0 spiro atoms. The summed E-state index contributed by atoms with van der Waals surface area (Å²) in [6.07, 6.45) is 1.52. The molecule has 3 rings (SSSR count). The normalized spacial score (nSPS) is 10.7. The van der Waals surface area contributed by atoms with Gasteiger partial charge in [-0.15, -0.1) is 0 Å². The molecule has 0 saturated carbocycles. The van der Waals surface area contributed by atoms with Crippen molar-refractivity contribution in [3.8, 4) is 11.1 Å². The third kappa shape index (κ3) is 2.65. The van der Waals surface area contributed by atoms with Crippen molar-refractivity contribution in [1.29, 1.82) is 0 Å². The lowest BCUT2D eigenvalue weighted by molar-refractivity contribution is 0.0601. The fourth-order valence-electron chi connectivity index (χ4n) is 2.37. The highest BCUT2D eigenvalue weighted by Crippen LogP contribution is 2.34. The van der Waals surface area contributed by atoms with E-state index in [1.807, 2.05) is 24.3 Å². The number of hydrogen-bond acceptors (Lipinski definition) is 3. The van der Waals surface area contributed by atoms with Crippen molar-refractivity contribution in [2.75, 3.05) is 7.11 Å². The van der Waals surface area contributed by atoms with Crippen LogP contribution >= 0.6 is 23.2 Å². The Kier molecular flexibility index (Phi) is 4.01. The predicted octanol–water partition coefficient (Wildman–Crippen LogP) is 5.00. The van der Waals surface area contributed by atoms with Gasteiger partial charge in [0.15, 0.2) is 0 Å². The first-order chi connectivity index (χ1) is 10.6. The number of halogens is 2. The lowest BCUT2D eigenvalue weighted by Crippen LogP contribution is -2.00. The number of fused-ring (bicyclic) bond motifs is 1. The number of carbonyl (C=O) groups is 1. The van der Waals surface area contributed by atoms with E-state index in [4.69, 9.17) is 27.9 Å². The SMILES string of the molecule is COC(=O)c1ccc2cccc(-c3cc(Cl)ncc3Cl)c2c1. The molecule has 1 heterocycles. The van der Waals surface area contributed by atoms with Crippen molar-refractivity contribution < 1.29 is 9.53 Å². The highest BCUT2D eigenvalue weighted by molar-refractivity contribution is 6.35. The zero-order valence-corrected chi connectivity index (χ0v) is 13.2. The number of methoxy groups -OCH3 is 1. The molecule has 22 heavy (non-hydrogen) atoms. The molecule has 0 aliphatic rings. The third-order valence-electron chi connectivity index (χ3n) is 3.42. The van der Waals surface area contributed by atoms with E-state index < -0.39 is 0 Å². The summed E-state index contributed by atoms with van der Waals surface area (Å²) < 4.78 is 4.78. The first kappa shape index (κ1) is 14.8. The zero-order valence-electron chi connectivity index (χ0n) is 11.6. The molecule has 0 atom stereocenters. The van der Waals surface area contributed by atoms with E-state index in [0.717, 1.165) is 21.9 Å². The molecule has 0 saturated heterocycles. The Balaban J connectivity index is 2.29. The van der Waals surface area contributed by atoms with E-state index in [0.29, 0.717) is 15.7 Å². The Bertz CT molecular complexity index is 878. The minimum Gasteiger partial charge on any atom is -0.465 e. The van der Waals surface area contributed by atoms with Gasteiger partial charge in [0.2, 0.25) is 0 Å². The van der Waals surface area contributed by atoms with Gasteiger partial charge in [-0.2, -0.15) is 0 Å². The van der Waals surface area contributed by atoms with E-state index in [9.17, 15) is 4.79 Å². The topological polar surface area (TPSA) is 39.2 Å². The van der Waals surface area contributed by atoms with Gasteiger partial charge in [0, 0.05) is 11.8 Å². The number of carbonyl (C=O) groups excluding carboxylic acids is 1. The molecule has 5 heteroatoms. The molecular weight excluding hydrogens is 321 g/mol. The first-order valence-corrected chi connectivity index (χ1v) is 7.28. The number of rotatable bonds is 2. The summed E-state index contributed by atoms with van der Waals surface area (Å²) in [5.41, 5.74) is 2.14. The molecule has 110 valence electrons. The van der Waals surface area contributed by atoms with Gasteiger partial charge in [-0.1, -0.05) is 47.5 Å². The number of benzene rings is 2. The fourth-order valence-corrected chi connectivity index (χ4v) is 2.73. The Morgan fingerprint density at radius 3 is 2.68 bits per heavy atom. The molecule has 0 fully saturated rings. The van der Waals surface area contributed by atoms with E-state index in [1.165, 1.54) is 13.3 Å². The maximum atomic E-state index is 11.7. The molecule has 0 amide bonds. The summed E-state index contributed by atoms with van der Waals surface area (Å²) in [6.45, 7) is 0. The van der Waals surface area contributed by atoms with Gasteiger partial charge in [0.1, 0.15) is 5.15 Å². The van der Waals surface area contributed by atoms with Crippen LogP contribution in [0.25, 0.3) is 21.9 Å². The minimum absolute atomic E-state index is 0.362. The average Bonchev–Trinajstić information content (AvgIpc) is 2.55. The lowest BCUT2D eigenvalue weighted by atomic mass is 9.97. The van der Waals surface area contributed by atoms with Crippen molar-refractivity contribution in [1.82, 2.24) is 4.98 Å². The monoisotopic (exact) mass is 331 g/mol. The molecule has 3 nitrogen and oxygen atoms in total. The molecule has 0 N–H and O–H groups in total. The van der Waals surface area contributed by atoms with Gasteiger partial charge in [-0.3, -0.25) is 0 Å². The fraction of sp³-hybridized carbons (Fsp3) is 0.0588. The van der Waals surface area contributed by atoms with Gasteiger partial charge in [-0.25, -0.2) is 9.78 Å². The second-order valence-corrected chi connectivity index (χ2v) is 5.51. The summed E-state index contributed by atoms with van der Waals surface area (Å²) in [5, 5.41) is 2.75. The highest BCUT2D eigenvalue weighted by atomic mass is 35.5. The molecule has 0 aliphatic heterocycles. The maximum absolute atomic E-state index is 11.7. The van der Waals surface area contributed by atoms with E-state index in [-0.39, 0.29) is 5.97 Å². The summed E-state index contributed by atoms with van der Waals surface area (Å²) in [4.78, 5) is 15.7. The van der Waals surface area contributed by atoms with Crippen LogP contribution in [0.1, 0.15) is 10.4 Å². The molecule has 1 aromatic heterocycles. The summed E-state index contributed by atoms with van der Waals surface area (Å²) in [6, 6.07) is 12.9. The summed E-state index contributed by atoms with van der Waals surface area (Å²) in [7, 11) is 1.36. The Morgan fingerprint density at radius 2 is 1.91 bits per heavy atom. The van der Waals surface area contributed by atoms with Crippen LogP contribution in [0, 0.1) is 0 Å². The van der Waals surface area contributed by atoms with Crippen molar-refractivity contribution in [2.24, 2.45) is 0 Å². The largest absolute Gasteiger partial charge is 0.465 e. The number of ether oxygens (including phenoxy) is 1. The number of hydrogen-bond donors (Lipinski definition) is 0. The minimum atomic E-state index is -0.379. The van der Waals surface area contributed by atoms with Crippen LogP contribution < -0.4 is 0 Å². The van der Waals surface area contributed by atoms with Crippen LogP contribution in [0.5, 0.6) is 0 Å². The smallest absolute Gasteiger partial charge is 0.337 e. The van der Waals surface area contributed by atoms with Crippen LogP contribution in [0.2, 0.25) is 10.2 Å². The van der Waals surface area contributed by atoms with Crippen LogP contribution in [0.4, 0.5) is 0 Å². The standard InChI is InChI=1S/C17H11Cl2NO2/c1-22-17(21)11-6-5-10-3-2-4-12(13(10)7-11)14-8-16(19)20-9-15(14)18/h2-9H,1H3. The maximum Gasteiger partial charge on any atom is 0.337 e. The molecule has 0 aliphatic carbocycles. The van der Waals surface area contributed by atoms with Gasteiger partial charge >= 0.3 is 5.97 Å². The Hall–Kier alpha value is -2.10. The van der Waals surface area contributed by atoms with Gasteiger partial charge in [-0.05, 0) is 34.5 Å². The van der Waals surface area contributed by atoms with Crippen LogP contribution in [0.15, 0.2) is 48.7 Å². The predicted molar refractivity (Wildman–Crippen MR) is 88.5 cm³/mol. The Morgan fingerprint density at radius 1 is 1.09 bits per heavy atom.